The van der Waals surface area contributed by atoms with Crippen LogP contribution >= 0.6 is 11.3 Å². The van der Waals surface area contributed by atoms with Gasteiger partial charge in [-0.25, -0.2) is 9.97 Å². The van der Waals surface area contributed by atoms with Crippen molar-refractivity contribution in [1.29, 1.82) is 0 Å². The Labute approximate surface area is 183 Å². The summed E-state index contributed by atoms with van der Waals surface area (Å²) < 4.78 is 5.37. The van der Waals surface area contributed by atoms with E-state index in [1.54, 1.807) is 18.7 Å². The smallest absolute Gasteiger partial charge is 0.260 e. The van der Waals surface area contributed by atoms with Gasteiger partial charge in [-0.3, -0.25) is 4.79 Å². The number of fused-ring (bicyclic) bond motifs is 1. The van der Waals surface area contributed by atoms with Gasteiger partial charge in [-0.05, 0) is 36.8 Å². The Kier molecular flexibility index (Phi) is 4.95. The fourth-order valence-corrected chi connectivity index (χ4v) is 5.01. The molecule has 0 unspecified atom stereocenters. The van der Waals surface area contributed by atoms with Crippen molar-refractivity contribution in [3.05, 3.63) is 53.9 Å². The Hall–Kier alpha value is -3.59. The van der Waals surface area contributed by atoms with Crippen molar-refractivity contribution < 1.29 is 9.21 Å². The number of rotatable bonds is 4. The first kappa shape index (κ1) is 19.4. The number of aromatic nitrogens is 2. The molecule has 4 aromatic rings. The van der Waals surface area contributed by atoms with Gasteiger partial charge in [0, 0.05) is 43.6 Å². The lowest BCUT2D eigenvalue weighted by Crippen LogP contribution is -2.30. The van der Waals surface area contributed by atoms with Crippen LogP contribution in [0.15, 0.2) is 53.4 Å². The molecule has 1 fully saturated rings. The van der Waals surface area contributed by atoms with E-state index in [2.05, 4.69) is 31.9 Å². The summed E-state index contributed by atoms with van der Waals surface area (Å²) in [4.78, 5) is 26.1. The standard InChI is InChI=1S/C22H22N6O2S/c23-18-17-16(6-7-26-22(17)31-19(18)20(24)29)28-10-1-9-27(11-12-28)15-4-2-14(3-5-15)21-25-8-13-30-21/h2-8,13H,1,9-12,23H2,(H2,24,29). The summed E-state index contributed by atoms with van der Waals surface area (Å²) in [7, 11) is 0. The SMILES string of the molecule is NC(=O)c1sc2nccc(N3CCCN(c4ccc(-c5ncco5)cc4)CC3)c2c1N. The van der Waals surface area contributed by atoms with Gasteiger partial charge in [0.25, 0.3) is 5.91 Å². The van der Waals surface area contributed by atoms with Crippen LogP contribution in [0.1, 0.15) is 16.1 Å². The maximum absolute atomic E-state index is 11.7. The number of carbonyl (C=O) groups is 1. The van der Waals surface area contributed by atoms with E-state index in [4.69, 9.17) is 15.9 Å². The number of nitrogens with zero attached hydrogens (tertiary/aromatic N) is 4. The molecular weight excluding hydrogens is 412 g/mol. The van der Waals surface area contributed by atoms with E-state index in [9.17, 15) is 4.79 Å². The van der Waals surface area contributed by atoms with Crippen molar-refractivity contribution in [3.8, 4) is 11.5 Å². The van der Waals surface area contributed by atoms with Crippen LogP contribution in [0.2, 0.25) is 0 Å². The number of amides is 1. The first-order valence-corrected chi connectivity index (χ1v) is 10.9. The fraction of sp³-hybridized carbons (Fsp3) is 0.227. The molecule has 0 spiro atoms. The minimum absolute atomic E-state index is 0.373. The summed E-state index contributed by atoms with van der Waals surface area (Å²) in [6.07, 6.45) is 5.99. The number of oxazole rings is 1. The van der Waals surface area contributed by atoms with Crippen LogP contribution in [0.4, 0.5) is 17.1 Å². The highest BCUT2D eigenvalue weighted by Crippen LogP contribution is 2.38. The second-order valence-corrected chi connectivity index (χ2v) is 8.43. The zero-order chi connectivity index (χ0) is 21.4. The summed E-state index contributed by atoms with van der Waals surface area (Å²) in [5.74, 6) is 0.112. The van der Waals surface area contributed by atoms with Gasteiger partial charge in [0.15, 0.2) is 0 Å². The first-order valence-electron chi connectivity index (χ1n) is 10.1. The number of pyridine rings is 1. The second kappa shape index (κ2) is 7.92. The predicted octanol–water partition coefficient (Wildman–Crippen LogP) is 3.35. The molecule has 4 heterocycles. The molecule has 31 heavy (non-hydrogen) atoms. The molecule has 1 aromatic carbocycles. The fourth-order valence-electron chi connectivity index (χ4n) is 4.07. The van der Waals surface area contributed by atoms with Gasteiger partial charge in [-0.2, -0.15) is 0 Å². The number of primary amides is 1. The lowest BCUT2D eigenvalue weighted by Gasteiger charge is -2.25. The average Bonchev–Trinajstić information content (AvgIpc) is 3.36. The summed E-state index contributed by atoms with van der Waals surface area (Å²) >= 11 is 1.25. The van der Waals surface area contributed by atoms with Crippen LogP contribution in [-0.2, 0) is 0 Å². The van der Waals surface area contributed by atoms with Gasteiger partial charge in [-0.15, -0.1) is 11.3 Å². The summed E-state index contributed by atoms with van der Waals surface area (Å²) in [6.45, 7) is 3.55. The molecule has 0 aliphatic carbocycles. The molecule has 1 aliphatic rings. The van der Waals surface area contributed by atoms with Gasteiger partial charge < -0.3 is 25.7 Å². The lowest BCUT2D eigenvalue weighted by molar-refractivity contribution is 0.100. The average molecular weight is 435 g/mol. The Morgan fingerprint density at radius 3 is 2.52 bits per heavy atom. The maximum atomic E-state index is 11.7. The van der Waals surface area contributed by atoms with E-state index in [0.717, 1.165) is 54.1 Å². The normalized spacial score (nSPS) is 14.7. The highest BCUT2D eigenvalue weighted by molar-refractivity contribution is 7.21. The number of nitrogen functional groups attached to an aromatic ring is 1. The van der Waals surface area contributed by atoms with Crippen LogP contribution in [0.3, 0.4) is 0 Å². The Morgan fingerprint density at radius 2 is 1.77 bits per heavy atom. The number of thiophene rings is 1. The van der Waals surface area contributed by atoms with Crippen molar-refractivity contribution in [2.75, 3.05) is 41.7 Å². The molecule has 0 bridgehead atoms. The van der Waals surface area contributed by atoms with Crippen molar-refractivity contribution in [2.45, 2.75) is 6.42 Å². The molecule has 5 rings (SSSR count). The molecule has 1 aliphatic heterocycles. The highest BCUT2D eigenvalue weighted by Gasteiger charge is 2.22. The minimum atomic E-state index is -0.512. The van der Waals surface area contributed by atoms with Crippen LogP contribution < -0.4 is 21.3 Å². The van der Waals surface area contributed by atoms with Gasteiger partial charge in [0.2, 0.25) is 5.89 Å². The van der Waals surface area contributed by atoms with Gasteiger partial charge >= 0.3 is 0 Å². The molecule has 1 saturated heterocycles. The monoisotopic (exact) mass is 434 g/mol. The third kappa shape index (κ3) is 3.57. The molecule has 3 aromatic heterocycles. The van der Waals surface area contributed by atoms with E-state index in [0.29, 0.717) is 16.5 Å². The Morgan fingerprint density at radius 1 is 1.00 bits per heavy atom. The highest BCUT2D eigenvalue weighted by atomic mass is 32.1. The van der Waals surface area contributed by atoms with E-state index in [1.807, 2.05) is 18.2 Å². The molecule has 0 radical (unpaired) electrons. The second-order valence-electron chi connectivity index (χ2n) is 7.43. The van der Waals surface area contributed by atoms with Crippen molar-refractivity contribution in [1.82, 2.24) is 9.97 Å². The summed E-state index contributed by atoms with van der Waals surface area (Å²) in [5, 5.41) is 0.824. The zero-order valence-electron chi connectivity index (χ0n) is 16.8. The van der Waals surface area contributed by atoms with Crippen LogP contribution in [0, 0.1) is 0 Å². The van der Waals surface area contributed by atoms with Crippen LogP contribution in [0.5, 0.6) is 0 Å². The molecule has 158 valence electrons. The van der Waals surface area contributed by atoms with E-state index in [1.165, 1.54) is 17.0 Å². The zero-order valence-corrected chi connectivity index (χ0v) is 17.6. The predicted molar refractivity (Wildman–Crippen MR) is 124 cm³/mol. The van der Waals surface area contributed by atoms with Crippen molar-refractivity contribution in [3.63, 3.8) is 0 Å². The molecule has 4 N–H and O–H groups in total. The van der Waals surface area contributed by atoms with Crippen LogP contribution in [0.25, 0.3) is 21.7 Å². The number of hydrogen-bond donors (Lipinski definition) is 2. The number of hydrogen-bond acceptors (Lipinski definition) is 8. The molecule has 9 heteroatoms. The lowest BCUT2D eigenvalue weighted by atomic mass is 10.2. The number of nitrogens with two attached hydrogens (primary N) is 2. The molecular formula is C22H22N6O2S. The van der Waals surface area contributed by atoms with Crippen molar-refractivity contribution >= 4 is 44.5 Å². The van der Waals surface area contributed by atoms with Crippen molar-refractivity contribution in [2.24, 2.45) is 5.73 Å². The van der Waals surface area contributed by atoms with Gasteiger partial charge in [0.1, 0.15) is 16.0 Å². The van der Waals surface area contributed by atoms with Gasteiger partial charge in [-0.1, -0.05) is 0 Å². The van der Waals surface area contributed by atoms with Gasteiger partial charge in [0.05, 0.1) is 23.0 Å². The third-order valence-electron chi connectivity index (χ3n) is 5.58. The Balaban J connectivity index is 1.37. The van der Waals surface area contributed by atoms with E-state index in [-0.39, 0.29) is 0 Å². The Bertz CT molecular complexity index is 1220. The molecule has 1 amide bonds. The topological polar surface area (TPSA) is 115 Å². The molecule has 0 atom stereocenters. The minimum Gasteiger partial charge on any atom is -0.445 e. The maximum Gasteiger partial charge on any atom is 0.260 e. The quantitative estimate of drug-likeness (QED) is 0.506. The largest absolute Gasteiger partial charge is 0.445 e. The summed E-state index contributed by atoms with van der Waals surface area (Å²) in [5.41, 5.74) is 15.3. The number of benzene rings is 1. The van der Waals surface area contributed by atoms with Crippen LogP contribution in [-0.4, -0.2) is 42.1 Å². The van der Waals surface area contributed by atoms with E-state index >= 15 is 0 Å². The number of anilines is 3. The number of carbonyl (C=O) groups excluding carboxylic acids is 1. The first-order chi connectivity index (χ1) is 15.1. The summed E-state index contributed by atoms with van der Waals surface area (Å²) in [6, 6.07) is 10.3. The third-order valence-corrected chi connectivity index (χ3v) is 6.71. The molecule has 8 nitrogen and oxygen atoms in total. The molecule has 0 saturated carbocycles. The van der Waals surface area contributed by atoms with E-state index < -0.39 is 5.91 Å².